The van der Waals surface area contributed by atoms with Crippen LogP contribution in [0.5, 0.6) is 0 Å². The third kappa shape index (κ3) is 0.959. The lowest BCUT2D eigenvalue weighted by atomic mass is 9.90. The average molecular weight is 154 g/mol. The van der Waals surface area contributed by atoms with E-state index in [1.54, 1.807) is 0 Å². The van der Waals surface area contributed by atoms with E-state index < -0.39 is 0 Å². The summed E-state index contributed by atoms with van der Waals surface area (Å²) in [4.78, 5) is 11.1. The number of cyclic esters (lactones) is 1. The van der Waals surface area contributed by atoms with Crippen molar-refractivity contribution in [1.29, 1.82) is 0 Å². The zero-order valence-corrected chi connectivity index (χ0v) is 6.88. The Morgan fingerprint density at radius 3 is 3.09 bits per heavy atom. The van der Waals surface area contributed by atoms with Crippen molar-refractivity contribution >= 4 is 5.97 Å². The molecule has 62 valence electrons. The first-order valence-electron chi connectivity index (χ1n) is 4.49. The summed E-state index contributed by atoms with van der Waals surface area (Å²) < 4.78 is 5.01. The van der Waals surface area contributed by atoms with E-state index >= 15 is 0 Å². The van der Waals surface area contributed by atoms with Crippen LogP contribution in [-0.2, 0) is 9.53 Å². The first-order chi connectivity index (χ1) is 5.33. The van der Waals surface area contributed by atoms with Crippen molar-refractivity contribution in [1.82, 2.24) is 0 Å². The van der Waals surface area contributed by atoms with Crippen molar-refractivity contribution < 1.29 is 9.53 Å². The molecule has 2 rings (SSSR count). The van der Waals surface area contributed by atoms with E-state index in [2.05, 4.69) is 6.92 Å². The number of carbonyl (C=O) groups is 1. The van der Waals surface area contributed by atoms with Crippen molar-refractivity contribution in [2.45, 2.75) is 26.2 Å². The number of rotatable bonds is 1. The predicted octanol–water partition coefficient (Wildman–Crippen LogP) is 1.60. The van der Waals surface area contributed by atoms with Crippen LogP contribution in [0, 0.1) is 17.8 Å². The quantitative estimate of drug-likeness (QED) is 0.536. The van der Waals surface area contributed by atoms with Gasteiger partial charge in [-0.2, -0.15) is 0 Å². The fraction of sp³-hybridized carbons (Fsp3) is 0.889. The van der Waals surface area contributed by atoms with Crippen molar-refractivity contribution in [3.8, 4) is 0 Å². The highest BCUT2D eigenvalue weighted by molar-refractivity contribution is 5.75. The molecule has 1 saturated carbocycles. The summed E-state index contributed by atoms with van der Waals surface area (Å²) in [5, 5.41) is 0. The lowest BCUT2D eigenvalue weighted by Gasteiger charge is -2.12. The fourth-order valence-corrected chi connectivity index (χ4v) is 2.49. The molecule has 0 bridgehead atoms. The van der Waals surface area contributed by atoms with Crippen LogP contribution in [0.4, 0.5) is 0 Å². The third-order valence-corrected chi connectivity index (χ3v) is 3.22. The van der Waals surface area contributed by atoms with E-state index in [1.807, 2.05) is 0 Å². The molecule has 1 heterocycles. The molecule has 0 spiro atoms. The summed E-state index contributed by atoms with van der Waals surface area (Å²) >= 11 is 0. The summed E-state index contributed by atoms with van der Waals surface area (Å²) in [6.45, 7) is 2.90. The van der Waals surface area contributed by atoms with Crippen LogP contribution >= 0.6 is 0 Å². The van der Waals surface area contributed by atoms with Gasteiger partial charge in [0.25, 0.3) is 0 Å². The third-order valence-electron chi connectivity index (χ3n) is 3.22. The van der Waals surface area contributed by atoms with E-state index in [0.717, 1.165) is 12.3 Å². The van der Waals surface area contributed by atoms with Crippen molar-refractivity contribution in [3.63, 3.8) is 0 Å². The van der Waals surface area contributed by atoms with Gasteiger partial charge in [-0.1, -0.05) is 13.3 Å². The second-order valence-corrected chi connectivity index (χ2v) is 3.65. The van der Waals surface area contributed by atoms with Gasteiger partial charge in [0.2, 0.25) is 0 Å². The topological polar surface area (TPSA) is 26.3 Å². The highest BCUT2D eigenvalue weighted by atomic mass is 16.5. The van der Waals surface area contributed by atoms with Crippen LogP contribution in [-0.4, -0.2) is 12.6 Å². The molecule has 0 amide bonds. The zero-order chi connectivity index (χ0) is 7.84. The molecular weight excluding hydrogens is 140 g/mol. The Bertz CT molecular complexity index is 176. The van der Waals surface area contributed by atoms with Crippen LogP contribution in [0.3, 0.4) is 0 Å². The maximum atomic E-state index is 11.1. The number of carbonyl (C=O) groups excluding carboxylic acids is 1. The lowest BCUT2D eigenvalue weighted by molar-refractivity contribution is -0.141. The van der Waals surface area contributed by atoms with Gasteiger partial charge in [0, 0.05) is 5.92 Å². The normalized spacial score (nSPS) is 42.3. The monoisotopic (exact) mass is 154 g/mol. The Morgan fingerprint density at radius 1 is 1.55 bits per heavy atom. The molecule has 2 nitrogen and oxygen atoms in total. The molecule has 0 N–H and O–H groups in total. The molecule has 0 radical (unpaired) electrons. The molecular formula is C9H14O2. The van der Waals surface area contributed by atoms with Crippen molar-refractivity contribution in [2.24, 2.45) is 17.8 Å². The first kappa shape index (κ1) is 7.14. The molecule has 2 fully saturated rings. The van der Waals surface area contributed by atoms with Gasteiger partial charge < -0.3 is 4.74 Å². The minimum atomic E-state index is 0.0611. The van der Waals surface area contributed by atoms with Gasteiger partial charge in [0.05, 0.1) is 12.5 Å². The molecule has 0 aromatic rings. The second-order valence-electron chi connectivity index (χ2n) is 3.65. The highest BCUT2D eigenvalue weighted by Gasteiger charge is 2.45. The maximum Gasteiger partial charge on any atom is 0.309 e. The molecule has 1 aliphatic carbocycles. The summed E-state index contributed by atoms with van der Waals surface area (Å²) in [6, 6.07) is 0. The highest BCUT2D eigenvalue weighted by Crippen LogP contribution is 2.43. The van der Waals surface area contributed by atoms with Crippen LogP contribution in [0.1, 0.15) is 26.2 Å². The number of hydrogen-bond acceptors (Lipinski definition) is 2. The molecule has 1 aliphatic heterocycles. The molecule has 2 heteroatoms. The van der Waals surface area contributed by atoms with Gasteiger partial charge in [0.15, 0.2) is 0 Å². The molecule has 2 aliphatic rings. The Kier molecular flexibility index (Phi) is 1.63. The molecule has 0 aromatic carbocycles. The van der Waals surface area contributed by atoms with Crippen molar-refractivity contribution in [2.75, 3.05) is 6.61 Å². The van der Waals surface area contributed by atoms with Gasteiger partial charge in [-0.15, -0.1) is 0 Å². The number of ether oxygens (including phenoxy) is 1. The van der Waals surface area contributed by atoms with E-state index in [0.29, 0.717) is 12.5 Å². The summed E-state index contributed by atoms with van der Waals surface area (Å²) in [5.74, 6) is 1.64. The largest absolute Gasteiger partial charge is 0.465 e. The minimum Gasteiger partial charge on any atom is -0.465 e. The van der Waals surface area contributed by atoms with Gasteiger partial charge in [-0.25, -0.2) is 0 Å². The lowest BCUT2D eigenvalue weighted by Crippen LogP contribution is -2.13. The van der Waals surface area contributed by atoms with Gasteiger partial charge >= 0.3 is 5.97 Å². The number of fused-ring (bicyclic) bond motifs is 1. The van der Waals surface area contributed by atoms with Crippen LogP contribution < -0.4 is 0 Å². The van der Waals surface area contributed by atoms with Crippen LogP contribution in [0.25, 0.3) is 0 Å². The molecule has 0 aromatic heterocycles. The van der Waals surface area contributed by atoms with Crippen LogP contribution in [0.2, 0.25) is 0 Å². The molecule has 3 atom stereocenters. The van der Waals surface area contributed by atoms with Gasteiger partial charge in [0.1, 0.15) is 0 Å². The molecule has 11 heavy (non-hydrogen) atoms. The smallest absolute Gasteiger partial charge is 0.309 e. The first-order valence-corrected chi connectivity index (χ1v) is 4.49. The Morgan fingerprint density at radius 2 is 2.36 bits per heavy atom. The summed E-state index contributed by atoms with van der Waals surface area (Å²) in [7, 11) is 0. The standard InChI is InChI=1S/C9H14O2/c1-2-6-3-4-7-8(6)5-11-9(7)10/h6-8H,2-5H2,1H3. The Balaban J connectivity index is 2.10. The summed E-state index contributed by atoms with van der Waals surface area (Å²) in [6.07, 6.45) is 3.51. The number of esters is 1. The van der Waals surface area contributed by atoms with Crippen molar-refractivity contribution in [3.05, 3.63) is 0 Å². The minimum absolute atomic E-state index is 0.0611. The van der Waals surface area contributed by atoms with E-state index in [1.165, 1.54) is 12.8 Å². The summed E-state index contributed by atoms with van der Waals surface area (Å²) in [5.41, 5.74) is 0. The van der Waals surface area contributed by atoms with E-state index in [4.69, 9.17) is 4.74 Å². The zero-order valence-electron chi connectivity index (χ0n) is 6.88. The van der Waals surface area contributed by atoms with Gasteiger partial charge in [-0.3, -0.25) is 4.79 Å². The van der Waals surface area contributed by atoms with E-state index in [-0.39, 0.29) is 11.9 Å². The SMILES string of the molecule is CCC1CCC2C(=O)OCC12. The van der Waals surface area contributed by atoms with Crippen LogP contribution in [0.15, 0.2) is 0 Å². The maximum absolute atomic E-state index is 11.1. The van der Waals surface area contributed by atoms with Gasteiger partial charge in [-0.05, 0) is 18.8 Å². The average Bonchev–Trinajstić information content (AvgIpc) is 2.53. The Hall–Kier alpha value is -0.530. The second kappa shape index (κ2) is 2.50. The Labute approximate surface area is 66.9 Å². The number of hydrogen-bond donors (Lipinski definition) is 0. The molecule has 1 saturated heterocycles. The fourth-order valence-electron chi connectivity index (χ4n) is 2.49. The predicted molar refractivity (Wildman–Crippen MR) is 41.0 cm³/mol. The van der Waals surface area contributed by atoms with E-state index in [9.17, 15) is 4.79 Å². The molecule has 3 unspecified atom stereocenters.